The van der Waals surface area contributed by atoms with Crippen LogP contribution < -0.4 is 16.4 Å². The number of carbonyl (C=O) groups is 1. The number of halogens is 3. The van der Waals surface area contributed by atoms with Crippen molar-refractivity contribution < 1.29 is 23.1 Å². The summed E-state index contributed by atoms with van der Waals surface area (Å²) in [6, 6.07) is -3.29. The Morgan fingerprint density at radius 1 is 1.47 bits per heavy atom. The normalized spacial score (nSPS) is 22.6. The summed E-state index contributed by atoms with van der Waals surface area (Å²) in [6.07, 6.45) is 2.48. The van der Waals surface area contributed by atoms with E-state index in [4.69, 9.17) is 5.73 Å². The molecule has 0 amide bonds. The van der Waals surface area contributed by atoms with Crippen molar-refractivity contribution in [2.24, 2.45) is 16.1 Å². The molecule has 2 aliphatic heterocycles. The lowest BCUT2D eigenvalue weighted by atomic mass is 9.83. The van der Waals surface area contributed by atoms with Crippen LogP contribution in [0.1, 0.15) is 40.0 Å². The molecule has 1 fully saturated rings. The number of nitrogens with two attached hydrogens (primary N) is 1. The van der Waals surface area contributed by atoms with E-state index in [0.717, 1.165) is 25.9 Å². The molecule has 2 aliphatic rings. The Balaban J connectivity index is 2.22. The lowest BCUT2D eigenvalue weighted by Crippen LogP contribution is -2.49. The molecule has 2 heterocycles. The minimum atomic E-state index is -4.61. The van der Waals surface area contributed by atoms with Gasteiger partial charge in [0, 0.05) is 42.7 Å². The first-order valence-electron chi connectivity index (χ1n) is 10.4. The molecule has 0 saturated carbocycles. The van der Waals surface area contributed by atoms with E-state index in [9.17, 15) is 23.1 Å². The van der Waals surface area contributed by atoms with Crippen LogP contribution in [-0.4, -0.2) is 53.0 Å². The van der Waals surface area contributed by atoms with Crippen LogP contribution >= 0.6 is 0 Å². The topological polar surface area (TPSA) is 103 Å². The van der Waals surface area contributed by atoms with Crippen molar-refractivity contribution in [1.82, 2.24) is 15.5 Å². The van der Waals surface area contributed by atoms with Gasteiger partial charge in [-0.25, -0.2) is 9.79 Å². The third kappa shape index (κ3) is 7.35. The maximum Gasteiger partial charge on any atom is 0.408 e. The van der Waals surface area contributed by atoms with Crippen molar-refractivity contribution in [3.63, 3.8) is 0 Å². The predicted molar refractivity (Wildman–Crippen MR) is 118 cm³/mol. The van der Waals surface area contributed by atoms with Crippen LogP contribution in [0.15, 0.2) is 53.2 Å². The standard InChI is InChI=1S/C22H32F3N5O2/c1-14(26)12-18(30-10-7-21(3,4)8-11-30)28-15(2)13-17(22(23,24)25)29-16-6-5-9-27-19(16)20(31)32/h5-6,9,12,17,19,27,29H,1,7-8,10-11,13,26H2,2-4H3,(H,31,32)/b18-12+,28-15+. The molecular weight excluding hydrogens is 423 g/mol. The fraction of sp³-hybridized carbons (Fsp3) is 0.545. The van der Waals surface area contributed by atoms with Gasteiger partial charge in [-0.15, -0.1) is 0 Å². The second-order valence-corrected chi connectivity index (χ2v) is 8.94. The third-order valence-corrected chi connectivity index (χ3v) is 5.49. The minimum absolute atomic E-state index is 0.0699. The molecule has 0 aromatic heterocycles. The van der Waals surface area contributed by atoms with E-state index < -0.39 is 30.7 Å². The van der Waals surface area contributed by atoms with Crippen LogP contribution in [0.2, 0.25) is 0 Å². The number of hydrogen-bond donors (Lipinski definition) is 4. The number of aliphatic carboxylic acids is 1. The number of allylic oxidation sites excluding steroid dienone is 3. The number of nitrogens with one attached hydrogen (secondary N) is 2. The number of hydrogen-bond acceptors (Lipinski definition) is 6. The van der Waals surface area contributed by atoms with Crippen LogP contribution in [0.3, 0.4) is 0 Å². The summed E-state index contributed by atoms with van der Waals surface area (Å²) in [5, 5.41) is 14.2. The number of carboxylic acids is 1. The second-order valence-electron chi connectivity index (χ2n) is 8.94. The van der Waals surface area contributed by atoms with Crippen molar-refractivity contribution in [1.29, 1.82) is 0 Å². The van der Waals surface area contributed by atoms with Gasteiger partial charge in [0.2, 0.25) is 0 Å². The van der Waals surface area contributed by atoms with Gasteiger partial charge < -0.3 is 26.4 Å². The first-order valence-corrected chi connectivity index (χ1v) is 10.4. The molecule has 0 radical (unpaired) electrons. The Morgan fingerprint density at radius 2 is 2.09 bits per heavy atom. The number of nitrogens with zero attached hydrogens (tertiary/aromatic N) is 2. The number of rotatable bonds is 8. The maximum absolute atomic E-state index is 13.8. The number of dihydropyridines is 1. The Bertz CT molecular complexity index is 833. The highest BCUT2D eigenvalue weighted by atomic mass is 19.4. The van der Waals surface area contributed by atoms with Crippen molar-refractivity contribution in [2.45, 2.75) is 58.3 Å². The van der Waals surface area contributed by atoms with Gasteiger partial charge in [-0.1, -0.05) is 20.4 Å². The van der Waals surface area contributed by atoms with E-state index in [0.29, 0.717) is 5.82 Å². The molecule has 1 saturated heterocycles. The zero-order valence-electron chi connectivity index (χ0n) is 18.7. The molecule has 2 unspecified atom stereocenters. The number of alkyl halides is 3. The molecule has 2 rings (SSSR count). The molecule has 0 aromatic carbocycles. The van der Waals surface area contributed by atoms with Crippen molar-refractivity contribution in [3.05, 3.63) is 48.2 Å². The molecule has 7 nitrogen and oxygen atoms in total. The molecular formula is C22H32F3N5O2. The number of piperidine rings is 1. The maximum atomic E-state index is 13.8. The average molecular weight is 456 g/mol. The van der Waals surface area contributed by atoms with Crippen LogP contribution in [0.4, 0.5) is 13.2 Å². The molecule has 0 bridgehead atoms. The van der Waals surface area contributed by atoms with Gasteiger partial charge in [-0.3, -0.25) is 0 Å². The summed E-state index contributed by atoms with van der Waals surface area (Å²) in [7, 11) is 0. The SMILES string of the molecule is C=C(N)/C=C(\N=C(/C)CC(NC1=CC=CNC1C(=O)O)C(F)(F)F)N1CCC(C)(C)CC1. The van der Waals surface area contributed by atoms with Crippen LogP contribution in [0, 0.1) is 5.41 Å². The largest absolute Gasteiger partial charge is 0.479 e. The van der Waals surface area contributed by atoms with E-state index in [-0.39, 0.29) is 22.5 Å². The van der Waals surface area contributed by atoms with Gasteiger partial charge in [0.25, 0.3) is 0 Å². The summed E-state index contributed by atoms with van der Waals surface area (Å²) in [5.41, 5.74) is 6.36. The smallest absolute Gasteiger partial charge is 0.408 e. The molecule has 32 heavy (non-hydrogen) atoms. The quantitative estimate of drug-likeness (QED) is 0.331. The molecule has 5 N–H and O–H groups in total. The Labute approximate surface area is 186 Å². The summed E-state index contributed by atoms with van der Waals surface area (Å²) < 4.78 is 41.3. The highest BCUT2D eigenvalue weighted by Gasteiger charge is 2.41. The zero-order chi connectivity index (χ0) is 24.1. The van der Waals surface area contributed by atoms with Gasteiger partial charge in [-0.2, -0.15) is 13.2 Å². The van der Waals surface area contributed by atoms with Crippen LogP contribution in [-0.2, 0) is 4.79 Å². The van der Waals surface area contributed by atoms with E-state index >= 15 is 0 Å². The lowest BCUT2D eigenvalue weighted by Gasteiger charge is -2.38. The van der Waals surface area contributed by atoms with E-state index in [2.05, 4.69) is 36.1 Å². The predicted octanol–water partition coefficient (Wildman–Crippen LogP) is 3.25. The third-order valence-electron chi connectivity index (χ3n) is 5.49. The molecule has 178 valence electrons. The van der Waals surface area contributed by atoms with Gasteiger partial charge >= 0.3 is 12.1 Å². The Hall–Kier alpha value is -2.91. The fourth-order valence-electron chi connectivity index (χ4n) is 3.51. The second kappa shape index (κ2) is 10.1. The summed E-state index contributed by atoms with van der Waals surface area (Å²) in [6.45, 7) is 11.0. The average Bonchev–Trinajstić information content (AvgIpc) is 2.66. The van der Waals surface area contributed by atoms with Crippen LogP contribution in [0.5, 0.6) is 0 Å². The zero-order valence-corrected chi connectivity index (χ0v) is 18.7. The van der Waals surface area contributed by atoms with Crippen molar-refractivity contribution in [3.8, 4) is 0 Å². The Morgan fingerprint density at radius 3 is 2.62 bits per heavy atom. The highest BCUT2D eigenvalue weighted by molar-refractivity contribution is 5.83. The van der Waals surface area contributed by atoms with Crippen LogP contribution in [0.25, 0.3) is 0 Å². The van der Waals surface area contributed by atoms with Crippen molar-refractivity contribution in [2.75, 3.05) is 13.1 Å². The van der Waals surface area contributed by atoms with Gasteiger partial charge in [0.1, 0.15) is 11.9 Å². The summed E-state index contributed by atoms with van der Waals surface area (Å²) in [4.78, 5) is 17.8. The molecule has 10 heteroatoms. The van der Waals surface area contributed by atoms with E-state index in [1.54, 1.807) is 6.08 Å². The first-order chi connectivity index (χ1) is 14.8. The molecule has 0 aliphatic carbocycles. The molecule has 0 spiro atoms. The van der Waals surface area contributed by atoms with E-state index in [1.165, 1.54) is 25.3 Å². The monoisotopic (exact) mass is 455 g/mol. The summed E-state index contributed by atoms with van der Waals surface area (Å²) in [5.74, 6) is -0.796. The van der Waals surface area contributed by atoms with Gasteiger partial charge in [0.05, 0.1) is 0 Å². The van der Waals surface area contributed by atoms with Gasteiger partial charge in [-0.05, 0) is 43.5 Å². The number of aliphatic imine (C=N–C) groups is 1. The van der Waals surface area contributed by atoms with E-state index in [1.807, 2.05) is 4.90 Å². The fourth-order valence-corrected chi connectivity index (χ4v) is 3.51. The minimum Gasteiger partial charge on any atom is -0.479 e. The number of carboxylic acid groups (broad SMARTS) is 1. The molecule has 2 atom stereocenters. The summed E-state index contributed by atoms with van der Waals surface area (Å²) >= 11 is 0. The Kier molecular flexibility index (Phi) is 8.03. The number of likely N-dealkylation sites (tertiary alicyclic amines) is 1. The molecule has 0 aromatic rings. The first kappa shape index (κ1) is 25.4. The lowest BCUT2D eigenvalue weighted by molar-refractivity contribution is -0.153. The highest BCUT2D eigenvalue weighted by Crippen LogP contribution is 2.32. The van der Waals surface area contributed by atoms with Crippen molar-refractivity contribution >= 4 is 11.7 Å². The van der Waals surface area contributed by atoms with Gasteiger partial charge in [0.15, 0.2) is 6.04 Å².